The number of fused-ring (bicyclic) bond motifs is 1. The first-order valence-corrected chi connectivity index (χ1v) is 19.0. The Morgan fingerprint density at radius 2 is 0.926 bits per heavy atom. The number of H-pyrrole nitrogens is 1. The quantitative estimate of drug-likeness (QED) is 0.0962. The van der Waals surface area contributed by atoms with Crippen molar-refractivity contribution in [3.63, 3.8) is 0 Å². The maximum atomic E-state index is 15.7. The molecule has 0 aliphatic rings. The molecule has 0 saturated heterocycles. The number of rotatable bonds is 12. The predicted molar refractivity (Wildman–Crippen MR) is 221 cm³/mol. The molecule has 0 radical (unpaired) electrons. The first kappa shape index (κ1) is 35.0. The first-order chi connectivity index (χ1) is 26.6. The molecular formula is C49H39BrN2O2. The number of aromatic nitrogens is 1. The van der Waals surface area contributed by atoms with Gasteiger partial charge in [-0.1, -0.05) is 204 Å². The fourth-order valence-corrected chi connectivity index (χ4v) is 8.40. The Hall–Kier alpha value is -6.01. The lowest BCUT2D eigenvalue weighted by atomic mass is 9.76. The molecule has 2 N–H and O–H groups in total. The van der Waals surface area contributed by atoms with Gasteiger partial charge >= 0.3 is 5.97 Å². The van der Waals surface area contributed by atoms with E-state index in [4.69, 9.17) is 4.74 Å². The number of nitrogens with one attached hydrogen (secondary N) is 2. The molecule has 264 valence electrons. The van der Waals surface area contributed by atoms with Gasteiger partial charge in [-0.05, 0) is 34.4 Å². The molecule has 0 spiro atoms. The highest BCUT2D eigenvalue weighted by Gasteiger charge is 2.45. The number of halogens is 1. The fourth-order valence-electron chi connectivity index (χ4n) is 7.78. The molecule has 5 heteroatoms. The zero-order valence-corrected chi connectivity index (χ0v) is 31.2. The SMILES string of the molecule is O=C(OC(c1ccccc1)(c1ccccc1)c1ccccc1)[C@@H](Cc1c[nH]c2cccc(Br)c12)NC(c1ccccc1)(c1ccccc1)c1ccccc1. The normalized spacial score (nSPS) is 12.3. The van der Waals surface area contributed by atoms with Crippen LogP contribution in [-0.4, -0.2) is 17.0 Å². The van der Waals surface area contributed by atoms with E-state index in [1.807, 2.05) is 164 Å². The highest BCUT2D eigenvalue weighted by Crippen LogP contribution is 2.43. The second-order valence-corrected chi connectivity index (χ2v) is 14.3. The topological polar surface area (TPSA) is 54.1 Å². The maximum absolute atomic E-state index is 15.7. The first-order valence-electron chi connectivity index (χ1n) is 18.2. The summed E-state index contributed by atoms with van der Waals surface area (Å²) in [4.78, 5) is 19.1. The number of carbonyl (C=O) groups is 1. The molecule has 1 atom stereocenters. The van der Waals surface area contributed by atoms with E-state index in [0.717, 1.165) is 54.3 Å². The van der Waals surface area contributed by atoms with Crippen molar-refractivity contribution < 1.29 is 9.53 Å². The second kappa shape index (κ2) is 15.5. The van der Waals surface area contributed by atoms with Gasteiger partial charge in [0.25, 0.3) is 0 Å². The minimum Gasteiger partial charge on any atom is -0.443 e. The summed E-state index contributed by atoms with van der Waals surface area (Å²) in [6.45, 7) is 0. The average Bonchev–Trinajstić information content (AvgIpc) is 3.67. The summed E-state index contributed by atoms with van der Waals surface area (Å²) in [6.07, 6.45) is 2.34. The second-order valence-electron chi connectivity index (χ2n) is 13.4. The predicted octanol–water partition coefficient (Wildman–Crippen LogP) is 11.0. The third kappa shape index (κ3) is 6.57. The number of carbonyl (C=O) groups excluding carboxylic acids is 1. The maximum Gasteiger partial charge on any atom is 0.325 e. The lowest BCUT2D eigenvalue weighted by Crippen LogP contribution is -2.55. The number of hydrogen-bond donors (Lipinski definition) is 2. The molecule has 8 rings (SSSR count). The average molecular weight is 768 g/mol. The molecular weight excluding hydrogens is 728 g/mol. The third-order valence-electron chi connectivity index (χ3n) is 10.3. The summed E-state index contributed by atoms with van der Waals surface area (Å²) in [7, 11) is 0. The van der Waals surface area contributed by atoms with Crippen LogP contribution in [0.25, 0.3) is 10.9 Å². The molecule has 0 aliphatic carbocycles. The minimum absolute atomic E-state index is 0.337. The van der Waals surface area contributed by atoms with Crippen LogP contribution in [0.5, 0.6) is 0 Å². The van der Waals surface area contributed by atoms with Crippen molar-refractivity contribution in [2.24, 2.45) is 0 Å². The van der Waals surface area contributed by atoms with E-state index < -0.39 is 17.2 Å². The molecule has 1 aromatic heterocycles. The van der Waals surface area contributed by atoms with Crippen LogP contribution in [0.1, 0.15) is 38.9 Å². The standard InChI is InChI=1S/C49H39BrN2O2/c50-43-32-19-33-44-46(43)36(35-51-44)34-45(52-48(37-20-7-1-8-21-37,38-22-9-2-10-23-38)39-24-11-3-12-25-39)47(53)54-49(40-26-13-4-14-27-40,41-28-15-5-16-29-41)42-30-17-6-18-31-42/h1-33,35,45,51-52H,34H2/t45-/m1/s1. The van der Waals surface area contributed by atoms with Gasteiger partial charge in [-0.25, -0.2) is 0 Å². The number of ether oxygens (including phenoxy) is 1. The summed E-state index contributed by atoms with van der Waals surface area (Å²) in [5.74, 6) is -0.389. The van der Waals surface area contributed by atoms with E-state index in [1.165, 1.54) is 0 Å². The van der Waals surface area contributed by atoms with E-state index >= 15 is 4.79 Å². The summed E-state index contributed by atoms with van der Waals surface area (Å²) in [5.41, 5.74) is 5.34. The molecule has 0 saturated carbocycles. The number of benzene rings is 7. The largest absolute Gasteiger partial charge is 0.443 e. The highest BCUT2D eigenvalue weighted by atomic mass is 79.9. The Morgan fingerprint density at radius 3 is 1.33 bits per heavy atom. The molecule has 4 nitrogen and oxygen atoms in total. The van der Waals surface area contributed by atoms with Crippen molar-refractivity contribution in [1.82, 2.24) is 10.3 Å². The van der Waals surface area contributed by atoms with E-state index in [1.54, 1.807) is 0 Å². The number of hydrogen-bond acceptors (Lipinski definition) is 3. The molecule has 0 unspecified atom stereocenters. The zero-order valence-electron chi connectivity index (χ0n) is 29.6. The summed E-state index contributed by atoms with van der Waals surface area (Å²) in [6, 6.07) is 66.5. The Labute approximate surface area is 324 Å². The van der Waals surface area contributed by atoms with Gasteiger partial charge in [0.05, 0.1) is 5.54 Å². The molecule has 7 aromatic carbocycles. The lowest BCUT2D eigenvalue weighted by molar-refractivity contribution is -0.156. The third-order valence-corrected chi connectivity index (χ3v) is 10.9. The van der Waals surface area contributed by atoms with Crippen molar-refractivity contribution in [1.29, 1.82) is 0 Å². The minimum atomic E-state index is -1.25. The van der Waals surface area contributed by atoms with Gasteiger partial charge in [0.1, 0.15) is 6.04 Å². The Kier molecular flexibility index (Phi) is 10.1. The van der Waals surface area contributed by atoms with Crippen LogP contribution in [0.3, 0.4) is 0 Å². The van der Waals surface area contributed by atoms with Gasteiger partial charge in [0, 0.05) is 44.7 Å². The van der Waals surface area contributed by atoms with Gasteiger partial charge in [-0.3, -0.25) is 10.1 Å². The van der Waals surface area contributed by atoms with Crippen LogP contribution in [-0.2, 0) is 27.1 Å². The molecule has 0 fully saturated rings. The summed E-state index contributed by atoms with van der Waals surface area (Å²) >= 11 is 3.81. The lowest BCUT2D eigenvalue weighted by Gasteiger charge is -2.41. The van der Waals surface area contributed by atoms with E-state index in [-0.39, 0.29) is 5.97 Å². The highest BCUT2D eigenvalue weighted by molar-refractivity contribution is 9.10. The van der Waals surface area contributed by atoms with Gasteiger partial charge in [0.15, 0.2) is 5.60 Å². The van der Waals surface area contributed by atoms with Crippen molar-refractivity contribution in [2.75, 3.05) is 0 Å². The Balaban J connectivity index is 1.36. The van der Waals surface area contributed by atoms with E-state index in [2.05, 4.69) is 68.7 Å². The van der Waals surface area contributed by atoms with Crippen LogP contribution in [0, 0.1) is 0 Å². The van der Waals surface area contributed by atoms with Crippen molar-refractivity contribution in [3.8, 4) is 0 Å². The van der Waals surface area contributed by atoms with E-state index in [9.17, 15) is 0 Å². The van der Waals surface area contributed by atoms with Crippen LogP contribution in [0.4, 0.5) is 0 Å². The monoisotopic (exact) mass is 766 g/mol. The Morgan fingerprint density at radius 1 is 0.537 bits per heavy atom. The summed E-state index contributed by atoms with van der Waals surface area (Å²) in [5, 5.41) is 5.04. The molecule has 8 aromatic rings. The molecule has 0 bridgehead atoms. The van der Waals surface area contributed by atoms with Crippen LogP contribution in [0.2, 0.25) is 0 Å². The number of aromatic amines is 1. The van der Waals surface area contributed by atoms with Crippen molar-refractivity contribution >= 4 is 32.8 Å². The Bertz CT molecular complexity index is 2240. The summed E-state index contributed by atoms with van der Waals surface area (Å²) < 4.78 is 8.13. The zero-order chi connectivity index (χ0) is 36.8. The van der Waals surface area contributed by atoms with Gasteiger partial charge in [-0.2, -0.15) is 0 Å². The molecule has 0 aliphatic heterocycles. The van der Waals surface area contributed by atoms with Crippen molar-refractivity contribution in [2.45, 2.75) is 23.6 Å². The molecule has 54 heavy (non-hydrogen) atoms. The molecule has 0 amide bonds. The number of esters is 1. The van der Waals surface area contributed by atoms with Gasteiger partial charge < -0.3 is 9.72 Å². The van der Waals surface area contributed by atoms with Crippen molar-refractivity contribution in [3.05, 3.63) is 250 Å². The van der Waals surface area contributed by atoms with Gasteiger partial charge in [-0.15, -0.1) is 0 Å². The fraction of sp³-hybridized carbons (Fsp3) is 0.0816. The van der Waals surface area contributed by atoms with Crippen LogP contribution >= 0.6 is 15.9 Å². The molecule has 1 heterocycles. The smallest absolute Gasteiger partial charge is 0.325 e. The van der Waals surface area contributed by atoms with Gasteiger partial charge in [0.2, 0.25) is 0 Å². The van der Waals surface area contributed by atoms with E-state index in [0.29, 0.717) is 6.42 Å². The van der Waals surface area contributed by atoms with Crippen LogP contribution in [0.15, 0.2) is 211 Å². The van der Waals surface area contributed by atoms with Crippen LogP contribution < -0.4 is 5.32 Å².